The molecule has 1 N–H and O–H groups in total. The summed E-state index contributed by atoms with van der Waals surface area (Å²) >= 11 is 5.93. The number of carbonyl (C=O) groups is 3. The Morgan fingerprint density at radius 2 is 1.73 bits per heavy atom. The van der Waals surface area contributed by atoms with E-state index in [-0.39, 0.29) is 16.1 Å². The molecule has 0 bridgehead atoms. The van der Waals surface area contributed by atoms with Crippen molar-refractivity contribution in [3.05, 3.63) is 64.4 Å². The number of Topliss-reactive ketones (excluding diaryl/α,β-unsaturated/α-hetero) is 1. The number of ether oxygens (including phenoxy) is 2. The van der Waals surface area contributed by atoms with Crippen LogP contribution in [0.2, 0.25) is 5.02 Å². The first-order valence-electron chi connectivity index (χ1n) is 7.47. The molecule has 2 rings (SSSR count). The Morgan fingerprint density at radius 3 is 2.35 bits per heavy atom. The van der Waals surface area contributed by atoms with Crippen LogP contribution in [0.15, 0.2) is 42.5 Å². The predicted octanol–water partition coefficient (Wildman–Crippen LogP) is 2.64. The van der Waals surface area contributed by atoms with Gasteiger partial charge in [-0.15, -0.1) is 0 Å². The second kappa shape index (κ2) is 8.96. The van der Waals surface area contributed by atoms with E-state index in [1.807, 2.05) is 0 Å². The van der Waals surface area contributed by atoms with Crippen LogP contribution in [0.25, 0.3) is 0 Å². The van der Waals surface area contributed by atoms with Gasteiger partial charge in [0.2, 0.25) is 0 Å². The first-order chi connectivity index (χ1) is 12.4. The molecule has 0 radical (unpaired) electrons. The molecule has 2 aromatic carbocycles. The third-order valence-corrected chi connectivity index (χ3v) is 3.63. The minimum Gasteiger partial charge on any atom is -0.495 e. The number of rotatable bonds is 7. The van der Waals surface area contributed by atoms with Crippen molar-refractivity contribution in [2.45, 2.75) is 0 Å². The number of halogens is 2. The van der Waals surface area contributed by atoms with Gasteiger partial charge < -0.3 is 14.8 Å². The van der Waals surface area contributed by atoms with Crippen LogP contribution in [-0.4, -0.2) is 37.9 Å². The molecule has 0 unspecified atom stereocenters. The molecule has 0 heterocycles. The van der Waals surface area contributed by atoms with Gasteiger partial charge in [-0.25, -0.2) is 4.39 Å². The van der Waals surface area contributed by atoms with E-state index in [0.717, 1.165) is 12.1 Å². The minimum atomic E-state index is -0.784. The summed E-state index contributed by atoms with van der Waals surface area (Å²) in [5.41, 5.74) is 0.460. The molecule has 136 valence electrons. The normalized spacial score (nSPS) is 10.1. The van der Waals surface area contributed by atoms with E-state index in [0.29, 0.717) is 5.75 Å². The average Bonchev–Trinajstić information content (AvgIpc) is 2.64. The molecule has 0 aliphatic rings. The monoisotopic (exact) mass is 379 g/mol. The van der Waals surface area contributed by atoms with Crippen LogP contribution in [-0.2, 0) is 9.53 Å². The highest BCUT2D eigenvalue weighted by atomic mass is 35.5. The number of hydrogen-bond acceptors (Lipinski definition) is 5. The number of carbonyl (C=O) groups excluding carboxylic acids is 3. The van der Waals surface area contributed by atoms with Crippen molar-refractivity contribution in [3.63, 3.8) is 0 Å². The molecule has 0 saturated carbocycles. The van der Waals surface area contributed by atoms with E-state index < -0.39 is 36.6 Å². The maximum atomic E-state index is 12.8. The number of esters is 1. The molecule has 0 atom stereocenters. The highest BCUT2D eigenvalue weighted by molar-refractivity contribution is 6.32. The molecule has 0 saturated heterocycles. The highest BCUT2D eigenvalue weighted by Crippen LogP contribution is 2.25. The highest BCUT2D eigenvalue weighted by Gasteiger charge is 2.13. The molecular weight excluding hydrogens is 365 g/mol. The van der Waals surface area contributed by atoms with Crippen molar-refractivity contribution in [2.24, 2.45) is 0 Å². The third-order valence-electron chi connectivity index (χ3n) is 3.34. The van der Waals surface area contributed by atoms with Crippen molar-refractivity contribution in [2.75, 3.05) is 20.3 Å². The standard InChI is InChI=1S/C18H15ClFNO5/c1-25-16-7-4-12(8-14(16)19)15(22)10-26-17(23)9-21-18(24)11-2-5-13(20)6-3-11/h2-8H,9-10H2,1H3,(H,21,24). The first-order valence-corrected chi connectivity index (χ1v) is 7.84. The SMILES string of the molecule is COc1ccc(C(=O)COC(=O)CNC(=O)c2ccc(F)cc2)cc1Cl. The summed E-state index contributed by atoms with van der Waals surface area (Å²) in [4.78, 5) is 35.4. The first kappa shape index (κ1) is 19.4. The summed E-state index contributed by atoms with van der Waals surface area (Å²) < 4.78 is 22.6. The van der Waals surface area contributed by atoms with Crippen molar-refractivity contribution in [1.29, 1.82) is 0 Å². The molecule has 1 amide bonds. The fourth-order valence-electron chi connectivity index (χ4n) is 1.98. The van der Waals surface area contributed by atoms with Crippen molar-refractivity contribution >= 4 is 29.3 Å². The van der Waals surface area contributed by atoms with Crippen molar-refractivity contribution < 1.29 is 28.2 Å². The van der Waals surface area contributed by atoms with Crippen LogP contribution in [0.5, 0.6) is 5.75 Å². The summed E-state index contributed by atoms with van der Waals surface area (Å²) in [6, 6.07) is 9.27. The molecule has 0 aliphatic carbocycles. The maximum absolute atomic E-state index is 12.8. The van der Waals surface area contributed by atoms with Crippen LogP contribution in [0, 0.1) is 5.82 Å². The number of benzene rings is 2. The smallest absolute Gasteiger partial charge is 0.325 e. The van der Waals surface area contributed by atoms with E-state index in [1.165, 1.54) is 37.4 Å². The predicted molar refractivity (Wildman–Crippen MR) is 92.0 cm³/mol. The number of ketones is 1. The summed E-state index contributed by atoms with van der Waals surface area (Å²) in [5.74, 6) is -1.85. The van der Waals surface area contributed by atoms with Gasteiger partial charge in [-0.05, 0) is 42.5 Å². The Labute approximate surface area is 153 Å². The summed E-state index contributed by atoms with van der Waals surface area (Å²) in [6.07, 6.45) is 0. The van der Waals surface area contributed by atoms with E-state index in [1.54, 1.807) is 0 Å². The van der Waals surface area contributed by atoms with Crippen molar-refractivity contribution in [1.82, 2.24) is 5.32 Å². The Kier molecular flexibility index (Phi) is 6.68. The van der Waals surface area contributed by atoms with Gasteiger partial charge in [0, 0.05) is 11.1 Å². The van der Waals surface area contributed by atoms with E-state index in [9.17, 15) is 18.8 Å². The second-order valence-electron chi connectivity index (χ2n) is 5.12. The van der Waals surface area contributed by atoms with Gasteiger partial charge >= 0.3 is 5.97 Å². The average molecular weight is 380 g/mol. The Hall–Kier alpha value is -2.93. The number of methoxy groups -OCH3 is 1. The zero-order chi connectivity index (χ0) is 19.1. The van der Waals surface area contributed by atoms with Crippen LogP contribution in [0.1, 0.15) is 20.7 Å². The molecule has 2 aromatic rings. The summed E-state index contributed by atoms with van der Waals surface area (Å²) in [5, 5.41) is 2.58. The summed E-state index contributed by atoms with van der Waals surface area (Å²) in [7, 11) is 1.45. The molecule has 0 fully saturated rings. The fraction of sp³-hybridized carbons (Fsp3) is 0.167. The molecule has 26 heavy (non-hydrogen) atoms. The van der Waals surface area contributed by atoms with Gasteiger partial charge in [0.25, 0.3) is 5.91 Å². The van der Waals surface area contributed by atoms with Gasteiger partial charge in [0.15, 0.2) is 12.4 Å². The van der Waals surface area contributed by atoms with Gasteiger partial charge in [-0.2, -0.15) is 0 Å². The largest absolute Gasteiger partial charge is 0.495 e. The third kappa shape index (κ3) is 5.29. The summed E-state index contributed by atoms with van der Waals surface area (Å²) in [6.45, 7) is -0.916. The Bertz CT molecular complexity index is 823. The quantitative estimate of drug-likeness (QED) is 0.590. The minimum absolute atomic E-state index is 0.197. The Balaban J connectivity index is 1.81. The fourth-order valence-corrected chi connectivity index (χ4v) is 2.23. The molecule has 0 aromatic heterocycles. The number of amides is 1. The van der Waals surface area contributed by atoms with Gasteiger partial charge in [0.05, 0.1) is 12.1 Å². The van der Waals surface area contributed by atoms with E-state index >= 15 is 0 Å². The molecule has 0 aliphatic heterocycles. The van der Waals surface area contributed by atoms with E-state index in [2.05, 4.69) is 5.32 Å². The lowest BCUT2D eigenvalue weighted by Crippen LogP contribution is -2.31. The van der Waals surface area contributed by atoms with Gasteiger partial charge in [0.1, 0.15) is 18.1 Å². The number of nitrogens with one attached hydrogen (secondary N) is 1. The maximum Gasteiger partial charge on any atom is 0.325 e. The topological polar surface area (TPSA) is 81.7 Å². The lowest BCUT2D eigenvalue weighted by molar-refractivity contribution is -0.141. The number of hydrogen-bond donors (Lipinski definition) is 1. The lowest BCUT2D eigenvalue weighted by Gasteiger charge is -2.08. The van der Waals surface area contributed by atoms with Crippen LogP contribution < -0.4 is 10.1 Å². The van der Waals surface area contributed by atoms with Gasteiger partial charge in [-0.1, -0.05) is 11.6 Å². The second-order valence-corrected chi connectivity index (χ2v) is 5.53. The van der Waals surface area contributed by atoms with Crippen LogP contribution in [0.4, 0.5) is 4.39 Å². The zero-order valence-corrected chi connectivity index (χ0v) is 14.5. The van der Waals surface area contributed by atoms with Gasteiger partial charge in [-0.3, -0.25) is 14.4 Å². The zero-order valence-electron chi connectivity index (χ0n) is 13.8. The molecular formula is C18H15ClFNO5. The molecule has 6 nitrogen and oxygen atoms in total. The van der Waals surface area contributed by atoms with E-state index in [4.69, 9.17) is 21.1 Å². The van der Waals surface area contributed by atoms with Crippen molar-refractivity contribution in [3.8, 4) is 5.75 Å². The van der Waals surface area contributed by atoms with Crippen LogP contribution >= 0.6 is 11.6 Å². The molecule has 0 spiro atoms. The Morgan fingerprint density at radius 1 is 1.08 bits per heavy atom. The lowest BCUT2D eigenvalue weighted by atomic mass is 10.1. The van der Waals surface area contributed by atoms with Crippen LogP contribution in [0.3, 0.4) is 0 Å². The molecule has 8 heteroatoms.